The number of nitrogens with zero attached hydrogens (tertiary/aromatic N) is 2. The zero-order valence-electron chi connectivity index (χ0n) is 16.5. The van der Waals surface area contributed by atoms with E-state index in [9.17, 15) is 13.6 Å². The lowest BCUT2D eigenvalue weighted by Crippen LogP contribution is -2.39. The van der Waals surface area contributed by atoms with Gasteiger partial charge in [0.2, 0.25) is 5.91 Å². The van der Waals surface area contributed by atoms with Gasteiger partial charge in [-0.15, -0.1) is 0 Å². The molecule has 0 radical (unpaired) electrons. The summed E-state index contributed by atoms with van der Waals surface area (Å²) in [6.07, 6.45) is 3.70. The van der Waals surface area contributed by atoms with Crippen LogP contribution in [0.2, 0.25) is 0 Å². The average Bonchev–Trinajstić information content (AvgIpc) is 2.68. The predicted octanol–water partition coefficient (Wildman–Crippen LogP) is 2.00. The number of halogens is 2. The molecule has 28 heavy (non-hydrogen) atoms. The summed E-state index contributed by atoms with van der Waals surface area (Å²) in [5.41, 5.74) is 5.59. The summed E-state index contributed by atoms with van der Waals surface area (Å²) in [5, 5.41) is 6.34. The maximum absolute atomic E-state index is 13.7. The molecular weight excluding hydrogens is 364 g/mol. The molecule has 1 aromatic rings. The first kappa shape index (κ1) is 22.1. The molecule has 0 bridgehead atoms. The largest absolute Gasteiger partial charge is 0.369 e. The van der Waals surface area contributed by atoms with Crippen LogP contribution in [0.3, 0.4) is 0 Å². The third kappa shape index (κ3) is 7.42. The number of nitrogens with two attached hydrogens (primary N) is 1. The van der Waals surface area contributed by atoms with Gasteiger partial charge in [0.1, 0.15) is 11.6 Å². The number of primary amides is 1. The molecule has 1 aliphatic heterocycles. The third-order valence-electron chi connectivity index (χ3n) is 4.94. The second kappa shape index (κ2) is 11.6. The monoisotopic (exact) mass is 395 g/mol. The number of carbonyl (C=O) groups excluding carboxylic acids is 1. The van der Waals surface area contributed by atoms with Gasteiger partial charge in [0.05, 0.1) is 6.54 Å². The topological polar surface area (TPSA) is 82.8 Å². The highest BCUT2D eigenvalue weighted by molar-refractivity contribution is 5.79. The van der Waals surface area contributed by atoms with Gasteiger partial charge in [-0.3, -0.25) is 4.79 Å². The van der Waals surface area contributed by atoms with Crippen molar-refractivity contribution in [3.8, 4) is 0 Å². The van der Waals surface area contributed by atoms with E-state index in [1.54, 1.807) is 0 Å². The highest BCUT2D eigenvalue weighted by Gasteiger charge is 2.22. The number of hydrogen-bond acceptors (Lipinski definition) is 3. The van der Waals surface area contributed by atoms with Crippen LogP contribution in [0.25, 0.3) is 0 Å². The number of carbonyl (C=O) groups is 1. The van der Waals surface area contributed by atoms with Crippen molar-refractivity contribution in [3.63, 3.8) is 0 Å². The van der Waals surface area contributed by atoms with Crippen molar-refractivity contribution in [2.24, 2.45) is 16.6 Å². The lowest BCUT2D eigenvalue weighted by atomic mass is 9.96. The highest BCUT2D eigenvalue weighted by Crippen LogP contribution is 2.16. The first-order chi connectivity index (χ1) is 13.5. The number of unbranched alkanes of at least 4 members (excludes halogenated alkanes) is 1. The summed E-state index contributed by atoms with van der Waals surface area (Å²) in [6, 6.07) is 3.39. The molecule has 1 fully saturated rings. The Labute approximate surface area is 165 Å². The van der Waals surface area contributed by atoms with Gasteiger partial charge in [0.15, 0.2) is 5.96 Å². The summed E-state index contributed by atoms with van der Waals surface area (Å²) in [4.78, 5) is 17.9. The zero-order valence-corrected chi connectivity index (χ0v) is 16.5. The Morgan fingerprint density at radius 1 is 1.25 bits per heavy atom. The van der Waals surface area contributed by atoms with E-state index in [-0.39, 0.29) is 23.9 Å². The van der Waals surface area contributed by atoms with E-state index in [1.807, 2.05) is 6.92 Å². The van der Waals surface area contributed by atoms with Gasteiger partial charge in [-0.1, -0.05) is 0 Å². The second-order valence-corrected chi connectivity index (χ2v) is 7.08. The molecule has 1 heterocycles. The molecule has 0 saturated carbocycles. The number of guanidine groups is 1. The fraction of sp³-hybridized carbons (Fsp3) is 0.600. The van der Waals surface area contributed by atoms with Gasteiger partial charge in [-0.2, -0.15) is 0 Å². The molecule has 0 aromatic heterocycles. The van der Waals surface area contributed by atoms with Crippen molar-refractivity contribution in [2.45, 2.75) is 39.2 Å². The van der Waals surface area contributed by atoms with Crippen molar-refractivity contribution in [1.82, 2.24) is 15.5 Å². The third-order valence-corrected chi connectivity index (χ3v) is 4.94. The van der Waals surface area contributed by atoms with Crippen molar-refractivity contribution in [2.75, 3.05) is 32.7 Å². The Kier molecular flexibility index (Phi) is 9.13. The molecule has 1 saturated heterocycles. The number of nitrogens with one attached hydrogen (secondary N) is 2. The molecule has 1 aliphatic rings. The van der Waals surface area contributed by atoms with Gasteiger partial charge >= 0.3 is 0 Å². The Bertz CT molecular complexity index is 660. The predicted molar refractivity (Wildman–Crippen MR) is 107 cm³/mol. The molecule has 2 rings (SSSR count). The summed E-state index contributed by atoms with van der Waals surface area (Å²) in [7, 11) is 0. The number of benzene rings is 1. The minimum atomic E-state index is -0.468. The van der Waals surface area contributed by atoms with E-state index in [4.69, 9.17) is 5.73 Å². The highest BCUT2D eigenvalue weighted by atomic mass is 19.1. The van der Waals surface area contributed by atoms with Crippen LogP contribution in [0.15, 0.2) is 23.2 Å². The maximum Gasteiger partial charge on any atom is 0.220 e. The maximum atomic E-state index is 13.7. The van der Waals surface area contributed by atoms with Crippen LogP contribution in [0.1, 0.15) is 38.2 Å². The van der Waals surface area contributed by atoms with Crippen LogP contribution in [-0.2, 0) is 11.3 Å². The minimum Gasteiger partial charge on any atom is -0.369 e. The molecule has 0 aliphatic carbocycles. The molecule has 1 amide bonds. The van der Waals surface area contributed by atoms with Gasteiger partial charge in [0.25, 0.3) is 0 Å². The number of likely N-dealkylation sites (tertiary alicyclic amines) is 1. The van der Waals surface area contributed by atoms with Gasteiger partial charge in [-0.05, 0) is 70.4 Å². The minimum absolute atomic E-state index is 0.0275. The first-order valence-electron chi connectivity index (χ1n) is 9.97. The molecule has 0 unspecified atom stereocenters. The molecule has 6 nitrogen and oxygen atoms in total. The van der Waals surface area contributed by atoms with Crippen LogP contribution in [0.5, 0.6) is 0 Å². The van der Waals surface area contributed by atoms with Crippen LogP contribution in [0.4, 0.5) is 8.78 Å². The number of hydrogen-bond donors (Lipinski definition) is 3. The van der Waals surface area contributed by atoms with Gasteiger partial charge in [-0.25, -0.2) is 13.8 Å². The SMILES string of the molecule is CCNC(=NCc1cc(F)ccc1F)NCCCCN1CCC(C(N)=O)CC1. The molecule has 0 atom stereocenters. The molecule has 4 N–H and O–H groups in total. The van der Waals surface area contributed by atoms with E-state index in [2.05, 4.69) is 20.5 Å². The molecular formula is C20H31F2N5O. The molecule has 0 spiro atoms. The number of amides is 1. The zero-order chi connectivity index (χ0) is 20.4. The smallest absolute Gasteiger partial charge is 0.220 e. The van der Waals surface area contributed by atoms with Crippen LogP contribution < -0.4 is 16.4 Å². The normalized spacial score (nSPS) is 16.2. The van der Waals surface area contributed by atoms with Crippen molar-refractivity contribution < 1.29 is 13.6 Å². The number of rotatable bonds is 9. The molecule has 8 heteroatoms. The average molecular weight is 395 g/mol. The Morgan fingerprint density at radius 3 is 2.68 bits per heavy atom. The van der Waals surface area contributed by atoms with E-state index in [1.165, 1.54) is 6.07 Å². The molecule has 156 valence electrons. The molecule has 1 aromatic carbocycles. The van der Waals surface area contributed by atoms with Crippen molar-refractivity contribution in [3.05, 3.63) is 35.4 Å². The van der Waals surface area contributed by atoms with E-state index in [0.29, 0.717) is 12.5 Å². The van der Waals surface area contributed by atoms with Crippen LogP contribution in [-0.4, -0.2) is 49.5 Å². The summed E-state index contributed by atoms with van der Waals surface area (Å²) < 4.78 is 26.9. The fourth-order valence-corrected chi connectivity index (χ4v) is 3.28. The lowest BCUT2D eigenvalue weighted by molar-refractivity contribution is -0.123. The van der Waals surface area contributed by atoms with E-state index in [0.717, 1.165) is 64.0 Å². The first-order valence-corrected chi connectivity index (χ1v) is 9.97. The standard InChI is InChI=1S/C20H31F2N5O/c1-2-24-20(26-14-16-13-17(21)5-6-18(16)22)25-9-3-4-10-27-11-7-15(8-12-27)19(23)28/h5-6,13,15H,2-4,7-12,14H2,1H3,(H2,23,28)(H2,24,25,26). The Morgan fingerprint density at radius 2 is 2.00 bits per heavy atom. The second-order valence-electron chi connectivity index (χ2n) is 7.08. The fourth-order valence-electron chi connectivity index (χ4n) is 3.28. The van der Waals surface area contributed by atoms with Crippen molar-refractivity contribution in [1.29, 1.82) is 0 Å². The quantitative estimate of drug-likeness (QED) is 0.339. The van der Waals surface area contributed by atoms with Crippen molar-refractivity contribution >= 4 is 11.9 Å². The van der Waals surface area contributed by atoms with Crippen LogP contribution >= 0.6 is 0 Å². The van der Waals surface area contributed by atoms with Gasteiger partial charge < -0.3 is 21.3 Å². The Balaban J connectivity index is 1.69. The van der Waals surface area contributed by atoms with Gasteiger partial charge in [0, 0.05) is 24.6 Å². The summed E-state index contributed by atoms with van der Waals surface area (Å²) in [5.74, 6) is -0.490. The number of piperidine rings is 1. The van der Waals surface area contributed by atoms with E-state index < -0.39 is 11.6 Å². The van der Waals surface area contributed by atoms with Crippen LogP contribution in [0, 0.1) is 17.6 Å². The summed E-state index contributed by atoms with van der Waals surface area (Å²) in [6.45, 7) is 6.30. The number of aliphatic imine (C=N–C) groups is 1. The lowest BCUT2D eigenvalue weighted by Gasteiger charge is -2.30. The van der Waals surface area contributed by atoms with E-state index >= 15 is 0 Å². The summed E-state index contributed by atoms with van der Waals surface area (Å²) >= 11 is 0. The Hall–Kier alpha value is -2.22.